The van der Waals surface area contributed by atoms with Gasteiger partial charge in [0.05, 0.1) is 12.2 Å². The van der Waals surface area contributed by atoms with Crippen LogP contribution in [0.4, 0.5) is 5.69 Å². The summed E-state index contributed by atoms with van der Waals surface area (Å²) >= 11 is 0. The van der Waals surface area contributed by atoms with Crippen molar-refractivity contribution in [2.24, 2.45) is 0 Å². The van der Waals surface area contributed by atoms with E-state index in [-0.39, 0.29) is 37.6 Å². The van der Waals surface area contributed by atoms with Gasteiger partial charge in [-0.05, 0) is 38.1 Å². The van der Waals surface area contributed by atoms with E-state index >= 15 is 0 Å². The second kappa shape index (κ2) is 8.36. The summed E-state index contributed by atoms with van der Waals surface area (Å²) in [6.07, 6.45) is 0. The first kappa shape index (κ1) is 19.6. The summed E-state index contributed by atoms with van der Waals surface area (Å²) in [5.41, 5.74) is 1.41. The minimum absolute atomic E-state index is 0.0862. The number of nitrogens with zero attached hydrogens (tertiary/aromatic N) is 4. The van der Waals surface area contributed by atoms with Gasteiger partial charge in [-0.15, -0.1) is 10.2 Å². The van der Waals surface area contributed by atoms with Crippen LogP contribution < -0.4 is 9.64 Å². The lowest BCUT2D eigenvalue weighted by Crippen LogP contribution is -2.48. The molecule has 1 aliphatic heterocycles. The number of rotatable bonds is 6. The standard InChI is InChI=1S/C22H22N4O4/c1-15(2)25(12-19-23-24-22(30-19)16-8-4-3-5-9-16)20(27)13-26-17-10-6-7-11-18(17)29-14-21(26)28/h3-11,15H,12-14H2,1-2H3. The fourth-order valence-electron chi connectivity index (χ4n) is 3.27. The van der Waals surface area contributed by atoms with E-state index in [9.17, 15) is 9.59 Å². The molecule has 0 N–H and O–H groups in total. The Morgan fingerprint density at radius 2 is 1.83 bits per heavy atom. The first-order valence-corrected chi connectivity index (χ1v) is 9.72. The molecule has 0 fully saturated rings. The quantitative estimate of drug-likeness (QED) is 0.625. The Balaban J connectivity index is 1.51. The third-order valence-corrected chi connectivity index (χ3v) is 4.84. The Labute approximate surface area is 174 Å². The molecular weight excluding hydrogens is 384 g/mol. The van der Waals surface area contributed by atoms with E-state index in [1.165, 1.54) is 4.90 Å². The summed E-state index contributed by atoms with van der Waals surface area (Å²) in [5.74, 6) is 0.860. The molecule has 0 aliphatic carbocycles. The smallest absolute Gasteiger partial charge is 0.265 e. The number of carbonyl (C=O) groups is 2. The van der Waals surface area contributed by atoms with Crippen molar-refractivity contribution in [1.82, 2.24) is 15.1 Å². The largest absolute Gasteiger partial charge is 0.482 e. The lowest BCUT2D eigenvalue weighted by molar-refractivity contribution is -0.134. The average Bonchev–Trinajstić information content (AvgIpc) is 3.23. The molecule has 0 saturated carbocycles. The van der Waals surface area contributed by atoms with Gasteiger partial charge >= 0.3 is 0 Å². The summed E-state index contributed by atoms with van der Waals surface area (Å²) < 4.78 is 11.2. The van der Waals surface area contributed by atoms with Gasteiger partial charge in [0.25, 0.3) is 5.91 Å². The van der Waals surface area contributed by atoms with E-state index in [0.717, 1.165) is 5.56 Å². The van der Waals surface area contributed by atoms with Crippen molar-refractivity contribution < 1.29 is 18.7 Å². The molecule has 0 radical (unpaired) electrons. The molecule has 8 heteroatoms. The minimum Gasteiger partial charge on any atom is -0.482 e. The normalized spacial score (nSPS) is 13.2. The van der Waals surface area contributed by atoms with Crippen molar-refractivity contribution in [3.8, 4) is 17.2 Å². The number of anilines is 1. The Hall–Kier alpha value is -3.68. The number of para-hydroxylation sites is 2. The van der Waals surface area contributed by atoms with Crippen molar-refractivity contribution in [1.29, 1.82) is 0 Å². The van der Waals surface area contributed by atoms with Crippen LogP contribution in [0.5, 0.6) is 5.75 Å². The van der Waals surface area contributed by atoms with E-state index in [1.807, 2.05) is 56.3 Å². The Kier molecular flexibility index (Phi) is 5.47. The fourth-order valence-corrected chi connectivity index (χ4v) is 3.27. The van der Waals surface area contributed by atoms with Gasteiger partial charge in [-0.1, -0.05) is 30.3 Å². The van der Waals surface area contributed by atoms with Gasteiger partial charge in [0, 0.05) is 11.6 Å². The molecule has 2 heterocycles. The van der Waals surface area contributed by atoms with Gasteiger partial charge in [0.2, 0.25) is 17.7 Å². The van der Waals surface area contributed by atoms with Crippen molar-refractivity contribution in [2.75, 3.05) is 18.1 Å². The van der Waals surface area contributed by atoms with E-state index in [0.29, 0.717) is 23.2 Å². The van der Waals surface area contributed by atoms with Gasteiger partial charge in [0.15, 0.2) is 6.61 Å². The van der Waals surface area contributed by atoms with Crippen LogP contribution in [0.1, 0.15) is 19.7 Å². The number of aromatic nitrogens is 2. The third-order valence-electron chi connectivity index (χ3n) is 4.84. The lowest BCUT2D eigenvalue weighted by Gasteiger charge is -2.32. The zero-order valence-corrected chi connectivity index (χ0v) is 16.8. The molecule has 0 bridgehead atoms. The Bertz CT molecular complexity index is 1050. The zero-order chi connectivity index (χ0) is 21.1. The topological polar surface area (TPSA) is 88.8 Å². The van der Waals surface area contributed by atoms with Crippen LogP contribution >= 0.6 is 0 Å². The molecular formula is C22H22N4O4. The number of carbonyl (C=O) groups excluding carboxylic acids is 2. The second-order valence-corrected chi connectivity index (χ2v) is 7.22. The van der Waals surface area contributed by atoms with Crippen LogP contribution in [0.15, 0.2) is 59.0 Å². The monoisotopic (exact) mass is 406 g/mol. The molecule has 1 aromatic heterocycles. The molecule has 0 spiro atoms. The molecule has 0 atom stereocenters. The molecule has 4 rings (SSSR count). The summed E-state index contributed by atoms with van der Waals surface area (Å²) in [6, 6.07) is 16.5. The predicted molar refractivity (Wildman–Crippen MR) is 110 cm³/mol. The fraction of sp³-hybridized carbons (Fsp3) is 0.273. The summed E-state index contributed by atoms with van der Waals surface area (Å²) in [5, 5.41) is 8.16. The molecule has 3 aromatic rings. The number of amides is 2. The van der Waals surface area contributed by atoms with E-state index in [1.54, 1.807) is 17.0 Å². The zero-order valence-electron chi connectivity index (χ0n) is 16.8. The van der Waals surface area contributed by atoms with Crippen LogP contribution in [0, 0.1) is 0 Å². The average molecular weight is 406 g/mol. The van der Waals surface area contributed by atoms with Crippen LogP contribution in [0.25, 0.3) is 11.5 Å². The number of fused-ring (bicyclic) bond motifs is 1. The summed E-state index contributed by atoms with van der Waals surface area (Å²) in [6.45, 7) is 3.80. The first-order chi connectivity index (χ1) is 14.5. The number of hydrogen-bond acceptors (Lipinski definition) is 6. The highest BCUT2D eigenvalue weighted by Gasteiger charge is 2.30. The first-order valence-electron chi connectivity index (χ1n) is 9.72. The Morgan fingerprint density at radius 3 is 2.60 bits per heavy atom. The van der Waals surface area contributed by atoms with Gasteiger partial charge in [-0.2, -0.15) is 0 Å². The van der Waals surface area contributed by atoms with E-state index < -0.39 is 0 Å². The molecule has 30 heavy (non-hydrogen) atoms. The lowest BCUT2D eigenvalue weighted by atomic mass is 10.2. The van der Waals surface area contributed by atoms with E-state index in [4.69, 9.17) is 9.15 Å². The maximum absolute atomic E-state index is 13.1. The predicted octanol–water partition coefficient (Wildman–Crippen LogP) is 2.90. The van der Waals surface area contributed by atoms with Crippen molar-refractivity contribution >= 4 is 17.5 Å². The highest BCUT2D eigenvalue weighted by atomic mass is 16.5. The minimum atomic E-state index is -0.255. The molecule has 2 aromatic carbocycles. The molecule has 2 amide bonds. The third kappa shape index (κ3) is 4.03. The van der Waals surface area contributed by atoms with Gasteiger partial charge in [-0.3, -0.25) is 14.5 Å². The summed E-state index contributed by atoms with van der Waals surface area (Å²) in [7, 11) is 0. The number of ether oxygens (including phenoxy) is 1. The highest BCUT2D eigenvalue weighted by molar-refractivity contribution is 6.02. The van der Waals surface area contributed by atoms with Crippen molar-refractivity contribution in [3.05, 3.63) is 60.5 Å². The molecule has 8 nitrogen and oxygen atoms in total. The Morgan fingerprint density at radius 1 is 1.10 bits per heavy atom. The highest BCUT2D eigenvalue weighted by Crippen LogP contribution is 2.31. The second-order valence-electron chi connectivity index (χ2n) is 7.22. The molecule has 0 saturated heterocycles. The van der Waals surface area contributed by atoms with Crippen molar-refractivity contribution in [2.45, 2.75) is 26.4 Å². The van der Waals surface area contributed by atoms with Crippen LogP contribution in [0.3, 0.4) is 0 Å². The van der Waals surface area contributed by atoms with E-state index in [2.05, 4.69) is 10.2 Å². The maximum atomic E-state index is 13.1. The van der Waals surface area contributed by atoms with Crippen LogP contribution in [-0.2, 0) is 16.1 Å². The van der Waals surface area contributed by atoms with Gasteiger partial charge < -0.3 is 14.1 Å². The number of hydrogen-bond donors (Lipinski definition) is 0. The molecule has 0 unspecified atom stereocenters. The van der Waals surface area contributed by atoms with Crippen molar-refractivity contribution in [3.63, 3.8) is 0 Å². The molecule has 154 valence electrons. The van der Waals surface area contributed by atoms with Crippen LogP contribution in [0.2, 0.25) is 0 Å². The van der Waals surface area contributed by atoms with Gasteiger partial charge in [0.1, 0.15) is 12.3 Å². The maximum Gasteiger partial charge on any atom is 0.265 e. The summed E-state index contributed by atoms with van der Waals surface area (Å²) in [4.78, 5) is 28.6. The van der Waals surface area contributed by atoms with Crippen LogP contribution in [-0.4, -0.2) is 46.1 Å². The SMILES string of the molecule is CC(C)N(Cc1nnc(-c2ccccc2)o1)C(=O)CN1C(=O)COc2ccccc21. The van der Waals surface area contributed by atoms with Gasteiger partial charge in [-0.25, -0.2) is 0 Å². The number of benzene rings is 2. The molecule has 1 aliphatic rings.